The minimum absolute atomic E-state index is 0.146. The first kappa shape index (κ1) is 12.5. The van der Waals surface area contributed by atoms with Gasteiger partial charge in [0, 0.05) is 24.0 Å². The van der Waals surface area contributed by atoms with Gasteiger partial charge in [-0.2, -0.15) is 5.26 Å². The molecular formula is C12H17N3O. The Kier molecular flexibility index (Phi) is 4.27. The third kappa shape index (κ3) is 3.21. The highest BCUT2D eigenvalue weighted by Crippen LogP contribution is 2.21. The van der Waals surface area contributed by atoms with E-state index in [9.17, 15) is 0 Å². The van der Waals surface area contributed by atoms with Crippen molar-refractivity contribution >= 4 is 5.69 Å². The van der Waals surface area contributed by atoms with Crippen LogP contribution in [0.25, 0.3) is 0 Å². The molecule has 16 heavy (non-hydrogen) atoms. The van der Waals surface area contributed by atoms with Gasteiger partial charge in [-0.3, -0.25) is 0 Å². The van der Waals surface area contributed by atoms with Crippen LogP contribution in [0.5, 0.6) is 0 Å². The average Bonchev–Trinajstić information content (AvgIpc) is 2.29. The lowest BCUT2D eigenvalue weighted by molar-refractivity contribution is 0.252. The molecule has 1 rings (SSSR count). The number of rotatable bonds is 5. The summed E-state index contributed by atoms with van der Waals surface area (Å²) in [6, 6.07) is 5.54. The van der Waals surface area contributed by atoms with E-state index in [0.717, 1.165) is 12.1 Å². The lowest BCUT2D eigenvalue weighted by Gasteiger charge is -2.30. The molecule has 0 saturated carbocycles. The minimum Gasteiger partial charge on any atom is -0.396 e. The topological polar surface area (TPSA) is 68.9 Å². The van der Waals surface area contributed by atoms with Crippen LogP contribution in [-0.2, 0) is 0 Å². The van der Waals surface area contributed by atoms with Gasteiger partial charge in [-0.1, -0.05) is 6.92 Å². The van der Waals surface area contributed by atoms with E-state index in [1.807, 2.05) is 12.1 Å². The Balaban J connectivity index is 2.82. The fraction of sp³-hybridized carbons (Fsp3) is 0.500. The van der Waals surface area contributed by atoms with E-state index in [2.05, 4.69) is 24.1 Å². The second-order valence-electron chi connectivity index (χ2n) is 4.05. The van der Waals surface area contributed by atoms with E-state index in [0.29, 0.717) is 12.1 Å². The van der Waals surface area contributed by atoms with Gasteiger partial charge in [-0.25, -0.2) is 4.98 Å². The standard InChI is InChI=1S/C12H17N3O/c1-3-12(2,5-7-16)15-10-4-6-14-11(8-10)9-13/h4,6,8,16H,3,5,7H2,1-2H3,(H,14,15). The van der Waals surface area contributed by atoms with Crippen molar-refractivity contribution in [3.63, 3.8) is 0 Å². The van der Waals surface area contributed by atoms with Crippen LogP contribution in [0.15, 0.2) is 18.3 Å². The summed E-state index contributed by atoms with van der Waals surface area (Å²) in [5, 5.41) is 21.1. The number of hydrogen-bond acceptors (Lipinski definition) is 4. The molecule has 4 nitrogen and oxygen atoms in total. The number of aliphatic hydroxyl groups excluding tert-OH is 1. The van der Waals surface area contributed by atoms with Crippen molar-refractivity contribution < 1.29 is 5.11 Å². The van der Waals surface area contributed by atoms with E-state index in [-0.39, 0.29) is 12.1 Å². The number of aromatic nitrogens is 1. The van der Waals surface area contributed by atoms with E-state index in [4.69, 9.17) is 10.4 Å². The van der Waals surface area contributed by atoms with Gasteiger partial charge in [0.15, 0.2) is 0 Å². The number of aliphatic hydroxyl groups is 1. The van der Waals surface area contributed by atoms with Crippen LogP contribution in [0.2, 0.25) is 0 Å². The molecule has 2 N–H and O–H groups in total. The van der Waals surface area contributed by atoms with Gasteiger partial charge in [-0.05, 0) is 31.9 Å². The average molecular weight is 219 g/mol. The van der Waals surface area contributed by atoms with Gasteiger partial charge in [0.25, 0.3) is 0 Å². The maximum Gasteiger partial charge on any atom is 0.142 e. The lowest BCUT2D eigenvalue weighted by atomic mass is 9.94. The number of nitrogens with one attached hydrogen (secondary N) is 1. The van der Waals surface area contributed by atoms with Crippen molar-refractivity contribution in [2.24, 2.45) is 0 Å². The highest BCUT2D eigenvalue weighted by Gasteiger charge is 2.20. The molecule has 0 spiro atoms. The summed E-state index contributed by atoms with van der Waals surface area (Å²) in [6.45, 7) is 4.26. The van der Waals surface area contributed by atoms with Crippen LogP contribution in [0.3, 0.4) is 0 Å². The Morgan fingerprint density at radius 3 is 2.94 bits per heavy atom. The molecule has 1 heterocycles. The Hall–Kier alpha value is -1.60. The van der Waals surface area contributed by atoms with Crippen LogP contribution in [0.4, 0.5) is 5.69 Å². The van der Waals surface area contributed by atoms with Gasteiger partial charge >= 0.3 is 0 Å². The van der Waals surface area contributed by atoms with E-state index < -0.39 is 0 Å². The fourth-order valence-corrected chi connectivity index (χ4v) is 1.49. The molecule has 4 heteroatoms. The molecule has 0 aliphatic carbocycles. The molecule has 0 radical (unpaired) electrons. The predicted molar refractivity (Wildman–Crippen MR) is 63.0 cm³/mol. The Morgan fingerprint density at radius 1 is 1.62 bits per heavy atom. The summed E-state index contributed by atoms with van der Waals surface area (Å²) in [6.07, 6.45) is 3.18. The third-order valence-electron chi connectivity index (χ3n) is 2.76. The molecule has 1 unspecified atom stereocenters. The number of nitrogens with zero attached hydrogens (tertiary/aromatic N) is 2. The highest BCUT2D eigenvalue weighted by molar-refractivity contribution is 5.47. The summed E-state index contributed by atoms with van der Waals surface area (Å²) in [5.41, 5.74) is 1.11. The van der Waals surface area contributed by atoms with Crippen molar-refractivity contribution in [3.8, 4) is 6.07 Å². The van der Waals surface area contributed by atoms with Gasteiger partial charge in [0.05, 0.1) is 0 Å². The van der Waals surface area contributed by atoms with Crippen LogP contribution in [-0.4, -0.2) is 22.2 Å². The minimum atomic E-state index is -0.150. The molecule has 0 amide bonds. The zero-order valence-electron chi connectivity index (χ0n) is 9.70. The first-order valence-electron chi connectivity index (χ1n) is 5.39. The van der Waals surface area contributed by atoms with Crippen molar-refractivity contribution in [2.45, 2.75) is 32.2 Å². The first-order chi connectivity index (χ1) is 7.63. The largest absolute Gasteiger partial charge is 0.396 e. The summed E-state index contributed by atoms with van der Waals surface area (Å²) in [4.78, 5) is 3.91. The zero-order valence-corrected chi connectivity index (χ0v) is 9.70. The maximum absolute atomic E-state index is 9.01. The molecule has 1 aromatic heterocycles. The quantitative estimate of drug-likeness (QED) is 0.793. The van der Waals surface area contributed by atoms with Crippen molar-refractivity contribution in [2.75, 3.05) is 11.9 Å². The number of anilines is 1. The van der Waals surface area contributed by atoms with E-state index in [1.165, 1.54) is 0 Å². The maximum atomic E-state index is 9.01. The van der Waals surface area contributed by atoms with Gasteiger partial charge < -0.3 is 10.4 Å². The second kappa shape index (κ2) is 5.47. The molecule has 86 valence electrons. The Labute approximate surface area is 95.9 Å². The third-order valence-corrected chi connectivity index (χ3v) is 2.76. The summed E-state index contributed by atoms with van der Waals surface area (Å²) >= 11 is 0. The van der Waals surface area contributed by atoms with E-state index >= 15 is 0 Å². The molecule has 1 atom stereocenters. The van der Waals surface area contributed by atoms with Crippen molar-refractivity contribution in [3.05, 3.63) is 24.0 Å². The SMILES string of the molecule is CCC(C)(CCO)Nc1ccnc(C#N)c1. The highest BCUT2D eigenvalue weighted by atomic mass is 16.3. The van der Waals surface area contributed by atoms with Gasteiger partial charge in [-0.15, -0.1) is 0 Å². The normalized spacial score (nSPS) is 13.9. The molecule has 0 fully saturated rings. The molecule has 0 aliphatic heterocycles. The van der Waals surface area contributed by atoms with Crippen LogP contribution in [0, 0.1) is 11.3 Å². The lowest BCUT2D eigenvalue weighted by Crippen LogP contribution is -2.35. The second-order valence-corrected chi connectivity index (χ2v) is 4.05. The Morgan fingerprint density at radius 2 is 2.38 bits per heavy atom. The summed E-state index contributed by atoms with van der Waals surface area (Å²) in [7, 11) is 0. The van der Waals surface area contributed by atoms with E-state index in [1.54, 1.807) is 12.3 Å². The van der Waals surface area contributed by atoms with Crippen LogP contribution in [0.1, 0.15) is 32.4 Å². The number of pyridine rings is 1. The predicted octanol–water partition coefficient (Wildman–Crippen LogP) is 1.92. The smallest absolute Gasteiger partial charge is 0.142 e. The van der Waals surface area contributed by atoms with Crippen LogP contribution >= 0.6 is 0 Å². The number of nitriles is 1. The summed E-state index contributed by atoms with van der Waals surface area (Å²) in [5.74, 6) is 0. The molecule has 1 aromatic rings. The monoisotopic (exact) mass is 219 g/mol. The fourth-order valence-electron chi connectivity index (χ4n) is 1.49. The molecule has 0 aromatic carbocycles. The van der Waals surface area contributed by atoms with Crippen LogP contribution < -0.4 is 5.32 Å². The van der Waals surface area contributed by atoms with Crippen molar-refractivity contribution in [1.29, 1.82) is 5.26 Å². The summed E-state index contributed by atoms with van der Waals surface area (Å²) < 4.78 is 0. The molecule has 0 bridgehead atoms. The molecule has 0 aliphatic rings. The first-order valence-corrected chi connectivity index (χ1v) is 5.39. The zero-order chi connectivity index (χ0) is 12.0. The molecule has 0 saturated heterocycles. The van der Waals surface area contributed by atoms with Gasteiger partial charge in [0.1, 0.15) is 11.8 Å². The van der Waals surface area contributed by atoms with Gasteiger partial charge in [0.2, 0.25) is 0 Å². The number of hydrogen-bond donors (Lipinski definition) is 2. The van der Waals surface area contributed by atoms with Crippen molar-refractivity contribution in [1.82, 2.24) is 4.98 Å². The Bertz CT molecular complexity index is 386. The molecular weight excluding hydrogens is 202 g/mol.